The monoisotopic (exact) mass is 304 g/mol. The molecule has 0 fully saturated rings. The van der Waals surface area contributed by atoms with E-state index in [1.807, 2.05) is 26.0 Å². The molecule has 0 atom stereocenters. The Hall–Kier alpha value is -2.21. The van der Waals surface area contributed by atoms with Crippen molar-refractivity contribution in [3.63, 3.8) is 0 Å². The summed E-state index contributed by atoms with van der Waals surface area (Å²) in [6.45, 7) is 3.67. The minimum atomic E-state index is -0.534. The smallest absolute Gasteiger partial charge is 0.293 e. The molecule has 0 radical (unpaired) electrons. The largest absolute Gasteiger partial charge is 0.327 e. The summed E-state index contributed by atoms with van der Waals surface area (Å²) >= 11 is 1.34. The predicted octanol–water partition coefficient (Wildman–Crippen LogP) is 4.06. The van der Waals surface area contributed by atoms with Crippen molar-refractivity contribution in [3.8, 4) is 0 Å². The van der Waals surface area contributed by atoms with Gasteiger partial charge in [0.25, 0.3) is 5.69 Å². The van der Waals surface area contributed by atoms with Gasteiger partial charge in [-0.15, -0.1) is 11.8 Å². The Morgan fingerprint density at radius 2 is 1.86 bits per heavy atom. The predicted molar refractivity (Wildman–Crippen MR) is 80.7 cm³/mol. The lowest BCUT2D eigenvalue weighted by Crippen LogP contribution is -2.06. The number of carbonyl (C=O) groups is 1. The number of carbonyl (C=O) groups excluding carboxylic acids is 1. The van der Waals surface area contributed by atoms with Crippen LogP contribution in [0, 0.1) is 24.0 Å². The van der Waals surface area contributed by atoms with Crippen LogP contribution in [0.1, 0.15) is 21.9 Å². The van der Waals surface area contributed by atoms with E-state index in [1.165, 1.54) is 23.9 Å². The van der Waals surface area contributed by atoms with Crippen molar-refractivity contribution in [1.82, 2.24) is 0 Å². The fraction of sp³-hybridized carbons (Fsp3) is 0.200. The van der Waals surface area contributed by atoms with Crippen LogP contribution in [-0.2, 0) is 0 Å². The molecule has 0 aliphatic rings. The van der Waals surface area contributed by atoms with Crippen LogP contribution in [0.2, 0.25) is 0 Å². The van der Waals surface area contributed by atoms with Gasteiger partial charge in [-0.05, 0) is 6.07 Å². The number of nitrogens with zero attached hydrogens (tertiary/aromatic N) is 1. The van der Waals surface area contributed by atoms with E-state index in [-0.39, 0.29) is 22.8 Å². The zero-order chi connectivity index (χ0) is 15.4. The van der Waals surface area contributed by atoms with Crippen molar-refractivity contribution in [2.75, 3.05) is 5.75 Å². The third kappa shape index (κ3) is 3.88. The maximum atomic E-state index is 12.2. The number of hydrogen-bond donors (Lipinski definition) is 0. The van der Waals surface area contributed by atoms with E-state index in [0.717, 1.165) is 16.4 Å². The first-order chi connectivity index (χ1) is 9.97. The molecule has 0 aliphatic heterocycles. The molecule has 0 aliphatic carbocycles. The standard InChI is InChI=1S/C15H14NO4S/c1-10-7-12(8-11(2)20-10)21-9-15(17)13-5-3-4-6-14(13)16(18)19/h3-8H,9H2,1-2H3/q+1. The summed E-state index contributed by atoms with van der Waals surface area (Å²) in [6.07, 6.45) is 0. The van der Waals surface area contributed by atoms with Gasteiger partial charge in [-0.1, -0.05) is 12.1 Å². The molecule has 0 N–H and O–H groups in total. The molecule has 1 aromatic carbocycles. The van der Waals surface area contributed by atoms with Crippen LogP contribution in [0.15, 0.2) is 45.7 Å². The molecule has 0 unspecified atom stereocenters. The Bertz CT molecular complexity index is 680. The van der Waals surface area contributed by atoms with E-state index in [2.05, 4.69) is 0 Å². The zero-order valence-electron chi connectivity index (χ0n) is 11.7. The third-order valence-corrected chi connectivity index (χ3v) is 3.76. The highest BCUT2D eigenvalue weighted by atomic mass is 32.2. The molecular weight excluding hydrogens is 290 g/mol. The fourth-order valence-electron chi connectivity index (χ4n) is 1.93. The van der Waals surface area contributed by atoms with E-state index >= 15 is 0 Å². The minimum Gasteiger partial charge on any atom is -0.293 e. The minimum absolute atomic E-state index is 0.143. The van der Waals surface area contributed by atoms with Crippen LogP contribution in [0.3, 0.4) is 0 Å². The molecule has 5 nitrogen and oxygen atoms in total. The Morgan fingerprint density at radius 1 is 1.24 bits per heavy atom. The second-order valence-electron chi connectivity index (χ2n) is 4.50. The van der Waals surface area contributed by atoms with E-state index < -0.39 is 4.92 Å². The number of para-hydroxylation sites is 1. The normalized spacial score (nSPS) is 10.4. The highest BCUT2D eigenvalue weighted by Gasteiger charge is 2.19. The average molecular weight is 304 g/mol. The lowest BCUT2D eigenvalue weighted by Gasteiger charge is -2.02. The average Bonchev–Trinajstić information content (AvgIpc) is 2.43. The maximum Gasteiger partial charge on any atom is 0.327 e. The van der Waals surface area contributed by atoms with Gasteiger partial charge < -0.3 is 0 Å². The molecule has 6 heteroatoms. The number of Topliss-reactive ketones (excluding diaryl/α,β-unsaturated/α-hetero) is 1. The van der Waals surface area contributed by atoms with Gasteiger partial charge in [0.1, 0.15) is 0 Å². The number of nitro groups is 1. The van der Waals surface area contributed by atoms with Gasteiger partial charge >= 0.3 is 11.5 Å². The van der Waals surface area contributed by atoms with E-state index in [4.69, 9.17) is 4.42 Å². The van der Waals surface area contributed by atoms with Crippen LogP contribution in [0.4, 0.5) is 5.69 Å². The first-order valence-corrected chi connectivity index (χ1v) is 7.27. The number of benzene rings is 1. The highest BCUT2D eigenvalue weighted by molar-refractivity contribution is 8.00. The van der Waals surface area contributed by atoms with Gasteiger partial charge in [0.15, 0.2) is 5.78 Å². The van der Waals surface area contributed by atoms with Crippen molar-refractivity contribution in [3.05, 3.63) is 63.6 Å². The van der Waals surface area contributed by atoms with Gasteiger partial charge in [0, 0.05) is 11.0 Å². The number of rotatable bonds is 5. The summed E-state index contributed by atoms with van der Waals surface area (Å²) in [7, 11) is 0. The lowest BCUT2D eigenvalue weighted by atomic mass is 10.1. The molecule has 0 spiro atoms. The van der Waals surface area contributed by atoms with Crippen molar-refractivity contribution in [2.45, 2.75) is 18.7 Å². The van der Waals surface area contributed by atoms with Gasteiger partial charge in [-0.3, -0.25) is 14.9 Å². The molecule has 1 heterocycles. The zero-order valence-corrected chi connectivity index (χ0v) is 12.5. The molecule has 0 bridgehead atoms. The van der Waals surface area contributed by atoms with Crippen molar-refractivity contribution < 1.29 is 14.1 Å². The van der Waals surface area contributed by atoms with Crippen molar-refractivity contribution >= 4 is 23.2 Å². The van der Waals surface area contributed by atoms with Crippen molar-refractivity contribution in [2.24, 2.45) is 0 Å². The Kier molecular flexibility index (Phi) is 4.70. The van der Waals surface area contributed by atoms with Crippen LogP contribution in [-0.4, -0.2) is 16.5 Å². The topological polar surface area (TPSA) is 71.5 Å². The molecule has 2 rings (SSSR count). The first-order valence-electron chi connectivity index (χ1n) is 6.28. The second kappa shape index (κ2) is 6.49. The summed E-state index contributed by atoms with van der Waals surface area (Å²) < 4.78 is 5.37. The van der Waals surface area contributed by atoms with Gasteiger partial charge in [0.05, 0.1) is 42.2 Å². The molecular formula is C15H14NO4S+. The van der Waals surface area contributed by atoms with E-state index in [0.29, 0.717) is 0 Å². The SMILES string of the molecule is Cc1cc(SCC(=O)c2ccccc2[N+](=O)[O-])cc(C)[o+]1. The van der Waals surface area contributed by atoms with E-state index in [9.17, 15) is 14.9 Å². The number of nitro benzene ring substituents is 1. The first kappa shape index (κ1) is 15.2. The van der Waals surface area contributed by atoms with Crippen LogP contribution < -0.4 is 0 Å². The maximum absolute atomic E-state index is 12.2. The molecule has 2 aromatic rings. The quantitative estimate of drug-likeness (QED) is 0.274. The highest BCUT2D eigenvalue weighted by Crippen LogP contribution is 2.24. The van der Waals surface area contributed by atoms with Crippen LogP contribution in [0.5, 0.6) is 0 Å². The summed E-state index contributed by atoms with van der Waals surface area (Å²) in [4.78, 5) is 23.5. The number of ketones is 1. The van der Waals surface area contributed by atoms with E-state index in [1.54, 1.807) is 12.1 Å². The van der Waals surface area contributed by atoms with Gasteiger partial charge in [-0.2, -0.15) is 0 Å². The molecule has 0 amide bonds. The molecule has 21 heavy (non-hydrogen) atoms. The van der Waals surface area contributed by atoms with Crippen LogP contribution >= 0.6 is 11.8 Å². The molecule has 0 saturated carbocycles. The Balaban J connectivity index is 2.14. The van der Waals surface area contributed by atoms with Gasteiger partial charge in [-0.25, -0.2) is 4.42 Å². The second-order valence-corrected chi connectivity index (χ2v) is 5.55. The fourth-order valence-corrected chi connectivity index (χ4v) is 2.89. The number of aryl methyl sites for hydroxylation is 2. The summed E-state index contributed by atoms with van der Waals surface area (Å²) in [6, 6.07) is 9.67. The van der Waals surface area contributed by atoms with Crippen LogP contribution in [0.25, 0.3) is 0 Å². The summed E-state index contributed by atoms with van der Waals surface area (Å²) in [5.74, 6) is 1.41. The number of hydrogen-bond acceptors (Lipinski definition) is 4. The Labute approximate surface area is 126 Å². The molecule has 0 saturated heterocycles. The third-order valence-electron chi connectivity index (χ3n) is 2.78. The summed E-state index contributed by atoms with van der Waals surface area (Å²) in [5, 5.41) is 10.9. The van der Waals surface area contributed by atoms with Crippen molar-refractivity contribution in [1.29, 1.82) is 0 Å². The summed E-state index contributed by atoms with van der Waals surface area (Å²) in [5.41, 5.74) is -0.0115. The molecule has 108 valence electrons. The lowest BCUT2D eigenvalue weighted by molar-refractivity contribution is -0.385. The number of thioether (sulfide) groups is 1. The Morgan fingerprint density at radius 3 is 2.48 bits per heavy atom. The van der Waals surface area contributed by atoms with Gasteiger partial charge in [0.2, 0.25) is 0 Å². The molecule has 1 aromatic heterocycles.